The van der Waals surface area contributed by atoms with E-state index in [4.69, 9.17) is 19.6 Å². The van der Waals surface area contributed by atoms with E-state index in [9.17, 15) is 0 Å². The predicted molar refractivity (Wildman–Crippen MR) is 52.8 cm³/mol. The lowest BCUT2D eigenvalue weighted by atomic mass is 10.2. The second-order valence-corrected chi connectivity index (χ2v) is 4.07. The molecule has 0 spiro atoms. The van der Waals surface area contributed by atoms with Gasteiger partial charge in [-0.05, 0) is 12.8 Å². The number of hydrogen-bond donors (Lipinski definition) is 4. The lowest BCUT2D eigenvalue weighted by Gasteiger charge is -2.17. The first-order valence-electron chi connectivity index (χ1n) is 4.25. The lowest BCUT2D eigenvalue weighted by molar-refractivity contribution is -0.0176. The summed E-state index contributed by atoms with van der Waals surface area (Å²) in [6.45, 7) is 2.02. The number of rotatable bonds is 8. The van der Waals surface area contributed by atoms with E-state index in [-0.39, 0.29) is 0 Å². The van der Waals surface area contributed by atoms with E-state index in [2.05, 4.69) is 9.05 Å². The Kier molecular flexibility index (Phi) is 9.28. The predicted octanol–water partition coefficient (Wildman–Crippen LogP) is 1.35. The summed E-state index contributed by atoms with van der Waals surface area (Å²) in [5, 5.41) is 0. The zero-order valence-corrected chi connectivity index (χ0v) is 9.69. The minimum atomic E-state index is -2.53. The molecule has 0 saturated heterocycles. The molecule has 0 saturated carbocycles. The lowest BCUT2D eigenvalue weighted by Crippen LogP contribution is -2.12. The first-order chi connectivity index (χ1) is 6.56. The minimum Gasteiger partial charge on any atom is -0.328 e. The van der Waals surface area contributed by atoms with Gasteiger partial charge in [0.1, 0.15) is 0 Å². The van der Waals surface area contributed by atoms with E-state index in [0.29, 0.717) is 6.42 Å². The van der Waals surface area contributed by atoms with Crippen molar-refractivity contribution in [2.24, 2.45) is 0 Å². The average molecular weight is 246 g/mol. The Bertz CT molecular complexity index is 123. The highest BCUT2D eigenvalue weighted by Gasteiger charge is 2.17. The van der Waals surface area contributed by atoms with Gasteiger partial charge in [0.05, 0.1) is 0 Å². The van der Waals surface area contributed by atoms with Crippen LogP contribution in [0.15, 0.2) is 0 Å². The van der Waals surface area contributed by atoms with Crippen molar-refractivity contribution in [3.63, 3.8) is 0 Å². The van der Waals surface area contributed by atoms with E-state index in [1.54, 1.807) is 0 Å². The zero-order valence-electron chi connectivity index (χ0n) is 7.91. The molecule has 0 aliphatic rings. The minimum absolute atomic E-state index is 0.410. The first-order valence-corrected chi connectivity index (χ1v) is 6.58. The van der Waals surface area contributed by atoms with E-state index in [1.807, 2.05) is 6.92 Å². The SMILES string of the molecule is CCCCCC(OP(O)O)OP(O)O. The standard InChI is InChI=1S/C6H16O6P2/c1-2-3-4-5-6(11-13(7)8)12-14(9)10/h6-10H,2-5H2,1H3. The molecule has 0 aromatic rings. The monoisotopic (exact) mass is 246 g/mol. The maximum atomic E-state index is 8.55. The maximum Gasteiger partial charge on any atom is 0.329 e. The molecule has 0 heterocycles. The molecule has 86 valence electrons. The van der Waals surface area contributed by atoms with Crippen molar-refractivity contribution in [3.8, 4) is 0 Å². The zero-order chi connectivity index (χ0) is 11.0. The molecular weight excluding hydrogens is 230 g/mol. The van der Waals surface area contributed by atoms with Crippen LogP contribution < -0.4 is 0 Å². The fourth-order valence-corrected chi connectivity index (χ4v) is 1.68. The van der Waals surface area contributed by atoms with Gasteiger partial charge >= 0.3 is 17.2 Å². The summed E-state index contributed by atoms with van der Waals surface area (Å²) >= 11 is 0. The Morgan fingerprint density at radius 3 is 1.86 bits per heavy atom. The van der Waals surface area contributed by atoms with Crippen LogP contribution in [0, 0.1) is 0 Å². The Morgan fingerprint density at radius 1 is 1.00 bits per heavy atom. The van der Waals surface area contributed by atoms with Gasteiger partial charge in [0.25, 0.3) is 0 Å². The molecule has 8 heteroatoms. The van der Waals surface area contributed by atoms with Gasteiger partial charge in [-0.15, -0.1) is 0 Å². The average Bonchev–Trinajstić information content (AvgIpc) is 2.02. The second-order valence-electron chi connectivity index (χ2n) is 2.64. The van der Waals surface area contributed by atoms with Crippen molar-refractivity contribution in [3.05, 3.63) is 0 Å². The fraction of sp³-hybridized carbons (Fsp3) is 1.00. The second kappa shape index (κ2) is 8.89. The van der Waals surface area contributed by atoms with Gasteiger partial charge in [-0.2, -0.15) is 0 Å². The molecule has 0 rings (SSSR count). The van der Waals surface area contributed by atoms with Crippen LogP contribution in [0.3, 0.4) is 0 Å². The van der Waals surface area contributed by atoms with Crippen molar-refractivity contribution in [2.75, 3.05) is 0 Å². The Hall–Kier alpha value is 0.620. The van der Waals surface area contributed by atoms with Crippen molar-refractivity contribution in [1.29, 1.82) is 0 Å². The van der Waals surface area contributed by atoms with Gasteiger partial charge in [-0.3, -0.25) is 9.05 Å². The van der Waals surface area contributed by atoms with Crippen LogP contribution >= 0.6 is 17.2 Å². The van der Waals surface area contributed by atoms with Crippen molar-refractivity contribution in [2.45, 2.75) is 38.9 Å². The first kappa shape index (κ1) is 14.6. The summed E-state index contributed by atoms with van der Waals surface area (Å²) in [6, 6.07) is 0. The molecular formula is C6H16O6P2. The van der Waals surface area contributed by atoms with E-state index in [0.717, 1.165) is 19.3 Å². The molecule has 0 aromatic heterocycles. The largest absolute Gasteiger partial charge is 0.329 e. The summed E-state index contributed by atoms with van der Waals surface area (Å²) < 4.78 is 9.12. The van der Waals surface area contributed by atoms with Gasteiger partial charge < -0.3 is 19.6 Å². The normalized spacial score (nSPS) is 12.0. The highest BCUT2D eigenvalue weighted by atomic mass is 31.2. The third kappa shape index (κ3) is 9.19. The molecule has 14 heavy (non-hydrogen) atoms. The van der Waals surface area contributed by atoms with Gasteiger partial charge in [0, 0.05) is 0 Å². The molecule has 0 aromatic carbocycles. The molecule has 0 amide bonds. The molecule has 0 radical (unpaired) electrons. The van der Waals surface area contributed by atoms with Crippen LogP contribution in [-0.4, -0.2) is 25.9 Å². The van der Waals surface area contributed by atoms with Crippen molar-refractivity contribution in [1.82, 2.24) is 0 Å². The molecule has 0 bridgehead atoms. The summed E-state index contributed by atoms with van der Waals surface area (Å²) in [7, 11) is -5.06. The summed E-state index contributed by atoms with van der Waals surface area (Å²) in [4.78, 5) is 34.2. The molecule has 6 nitrogen and oxygen atoms in total. The van der Waals surface area contributed by atoms with Crippen LogP contribution in [0.2, 0.25) is 0 Å². The fourth-order valence-electron chi connectivity index (χ4n) is 0.896. The van der Waals surface area contributed by atoms with Crippen molar-refractivity contribution < 1.29 is 28.6 Å². The summed E-state index contributed by atoms with van der Waals surface area (Å²) in [6.07, 6.45) is 2.18. The van der Waals surface area contributed by atoms with Crippen LogP contribution in [0.4, 0.5) is 0 Å². The third-order valence-corrected chi connectivity index (χ3v) is 2.31. The molecule has 0 atom stereocenters. The van der Waals surface area contributed by atoms with Crippen LogP contribution in [0.5, 0.6) is 0 Å². The van der Waals surface area contributed by atoms with Crippen LogP contribution in [0.1, 0.15) is 32.6 Å². The van der Waals surface area contributed by atoms with E-state index < -0.39 is 23.5 Å². The topological polar surface area (TPSA) is 99.4 Å². The molecule has 0 unspecified atom stereocenters. The molecule has 0 aliphatic heterocycles. The van der Waals surface area contributed by atoms with Crippen LogP contribution in [-0.2, 0) is 9.05 Å². The summed E-state index contributed by atoms with van der Waals surface area (Å²) in [5.41, 5.74) is 0. The van der Waals surface area contributed by atoms with Gasteiger partial charge in [-0.25, -0.2) is 0 Å². The van der Waals surface area contributed by atoms with E-state index in [1.165, 1.54) is 0 Å². The summed E-state index contributed by atoms with van der Waals surface area (Å²) in [5.74, 6) is 0. The van der Waals surface area contributed by atoms with Crippen molar-refractivity contribution >= 4 is 17.2 Å². The quantitative estimate of drug-likeness (QED) is 0.293. The molecule has 0 aliphatic carbocycles. The maximum absolute atomic E-state index is 8.55. The smallest absolute Gasteiger partial charge is 0.328 e. The van der Waals surface area contributed by atoms with Gasteiger partial charge in [-0.1, -0.05) is 19.8 Å². The van der Waals surface area contributed by atoms with Crippen LogP contribution in [0.25, 0.3) is 0 Å². The molecule has 0 fully saturated rings. The molecule has 4 N–H and O–H groups in total. The van der Waals surface area contributed by atoms with E-state index >= 15 is 0 Å². The Balaban J connectivity index is 3.72. The Morgan fingerprint density at radius 2 is 1.50 bits per heavy atom. The Labute approximate surface area is 85.5 Å². The highest BCUT2D eigenvalue weighted by Crippen LogP contribution is 2.36. The van der Waals surface area contributed by atoms with Gasteiger partial charge in [0.2, 0.25) is 0 Å². The number of unbranched alkanes of at least 4 members (excludes halogenated alkanes) is 2. The highest BCUT2D eigenvalue weighted by molar-refractivity contribution is 7.40. The third-order valence-electron chi connectivity index (χ3n) is 1.47. The number of hydrogen-bond acceptors (Lipinski definition) is 6. The van der Waals surface area contributed by atoms with Gasteiger partial charge in [0.15, 0.2) is 6.29 Å².